The van der Waals surface area contributed by atoms with Gasteiger partial charge in [-0.1, -0.05) is 6.92 Å². The number of carbonyl (C=O) groups is 1. The number of carbonyl (C=O) groups excluding carboxylic acids is 1. The fourth-order valence-electron chi connectivity index (χ4n) is 1.82. The van der Waals surface area contributed by atoms with Crippen molar-refractivity contribution in [1.29, 1.82) is 0 Å². The highest BCUT2D eigenvalue weighted by atomic mass is 16.5. The van der Waals surface area contributed by atoms with Crippen LogP contribution in [0.1, 0.15) is 51.9 Å². The van der Waals surface area contributed by atoms with E-state index in [0.717, 1.165) is 32.3 Å². The molecule has 1 rings (SSSR count). The van der Waals surface area contributed by atoms with Crippen LogP contribution in [0.4, 0.5) is 0 Å². The molecule has 0 unspecified atom stereocenters. The van der Waals surface area contributed by atoms with Crippen LogP contribution in [-0.2, 0) is 14.3 Å². The first-order valence-corrected chi connectivity index (χ1v) is 6.10. The van der Waals surface area contributed by atoms with Gasteiger partial charge >= 0.3 is 5.97 Å². The quantitative estimate of drug-likeness (QED) is 0.483. The second kappa shape index (κ2) is 7.69. The third kappa shape index (κ3) is 5.78. The summed E-state index contributed by atoms with van der Waals surface area (Å²) in [6.45, 7) is 3.54. The molecule has 0 heterocycles. The summed E-state index contributed by atoms with van der Waals surface area (Å²) >= 11 is 0. The molecule has 0 atom stereocenters. The summed E-state index contributed by atoms with van der Waals surface area (Å²) in [5, 5.41) is 0. The van der Waals surface area contributed by atoms with Crippen molar-refractivity contribution in [2.75, 3.05) is 13.2 Å². The lowest BCUT2D eigenvalue weighted by molar-refractivity contribution is -0.149. The van der Waals surface area contributed by atoms with Gasteiger partial charge in [-0.05, 0) is 38.5 Å². The molecule has 88 valence electrons. The van der Waals surface area contributed by atoms with Gasteiger partial charge in [0, 0.05) is 19.6 Å². The number of rotatable bonds is 7. The van der Waals surface area contributed by atoms with E-state index in [2.05, 4.69) is 6.92 Å². The van der Waals surface area contributed by atoms with Crippen molar-refractivity contribution >= 4 is 5.97 Å². The minimum atomic E-state index is -0.0537. The molecule has 0 bridgehead atoms. The average Bonchev–Trinajstić information content (AvgIpc) is 2.70. The van der Waals surface area contributed by atoms with E-state index in [0.29, 0.717) is 13.0 Å². The predicted octanol–water partition coefficient (Wildman–Crippen LogP) is 2.68. The monoisotopic (exact) mass is 214 g/mol. The summed E-state index contributed by atoms with van der Waals surface area (Å²) in [4.78, 5) is 11.4. The molecule has 3 nitrogen and oxygen atoms in total. The molecule has 0 aliphatic heterocycles. The molecule has 0 aromatic heterocycles. The Morgan fingerprint density at radius 2 is 2.00 bits per heavy atom. The SMILES string of the molecule is CCCOCCCC(=O)OC1CCCC1. The maximum absolute atomic E-state index is 11.4. The van der Waals surface area contributed by atoms with Crippen molar-refractivity contribution in [3.8, 4) is 0 Å². The summed E-state index contributed by atoms with van der Waals surface area (Å²) in [7, 11) is 0. The molecule has 1 aliphatic carbocycles. The minimum Gasteiger partial charge on any atom is -0.462 e. The Bertz CT molecular complexity index is 174. The zero-order chi connectivity index (χ0) is 10.9. The predicted molar refractivity (Wildman–Crippen MR) is 58.7 cm³/mol. The van der Waals surface area contributed by atoms with Gasteiger partial charge in [-0.2, -0.15) is 0 Å². The third-order valence-corrected chi connectivity index (χ3v) is 2.62. The first-order chi connectivity index (χ1) is 7.33. The van der Waals surface area contributed by atoms with Gasteiger partial charge in [0.15, 0.2) is 0 Å². The van der Waals surface area contributed by atoms with Crippen molar-refractivity contribution < 1.29 is 14.3 Å². The van der Waals surface area contributed by atoms with E-state index in [1.54, 1.807) is 0 Å². The molecular formula is C12H22O3. The molecular weight excluding hydrogens is 192 g/mol. The van der Waals surface area contributed by atoms with Crippen LogP contribution >= 0.6 is 0 Å². The molecule has 0 amide bonds. The lowest BCUT2D eigenvalue weighted by Crippen LogP contribution is -2.14. The average molecular weight is 214 g/mol. The van der Waals surface area contributed by atoms with E-state index in [-0.39, 0.29) is 12.1 Å². The molecule has 1 fully saturated rings. The summed E-state index contributed by atoms with van der Waals surface area (Å²) < 4.78 is 10.6. The first-order valence-electron chi connectivity index (χ1n) is 6.10. The molecule has 1 saturated carbocycles. The summed E-state index contributed by atoms with van der Waals surface area (Å²) in [6.07, 6.45) is 7.04. The van der Waals surface area contributed by atoms with Crippen molar-refractivity contribution in [2.24, 2.45) is 0 Å². The normalized spacial score (nSPS) is 16.9. The Balaban J connectivity index is 1.93. The zero-order valence-electron chi connectivity index (χ0n) is 9.67. The van der Waals surface area contributed by atoms with Gasteiger partial charge in [-0.15, -0.1) is 0 Å². The van der Waals surface area contributed by atoms with Gasteiger partial charge in [0.05, 0.1) is 0 Å². The van der Waals surface area contributed by atoms with Gasteiger partial charge in [-0.3, -0.25) is 4.79 Å². The van der Waals surface area contributed by atoms with E-state index in [9.17, 15) is 4.79 Å². The van der Waals surface area contributed by atoms with Gasteiger partial charge in [-0.25, -0.2) is 0 Å². The van der Waals surface area contributed by atoms with Crippen molar-refractivity contribution in [3.63, 3.8) is 0 Å². The standard InChI is InChI=1S/C12H22O3/c1-2-9-14-10-5-8-12(13)15-11-6-3-4-7-11/h11H,2-10H2,1H3. The Kier molecular flexibility index (Phi) is 6.41. The van der Waals surface area contributed by atoms with E-state index in [1.165, 1.54) is 12.8 Å². The Morgan fingerprint density at radius 1 is 1.27 bits per heavy atom. The Labute approximate surface area is 92.1 Å². The highest BCUT2D eigenvalue weighted by Gasteiger charge is 2.18. The lowest BCUT2D eigenvalue weighted by atomic mass is 10.3. The molecule has 0 saturated heterocycles. The number of hydrogen-bond donors (Lipinski definition) is 0. The van der Waals surface area contributed by atoms with Crippen molar-refractivity contribution in [1.82, 2.24) is 0 Å². The summed E-state index contributed by atoms with van der Waals surface area (Å²) in [6, 6.07) is 0. The highest BCUT2D eigenvalue weighted by molar-refractivity contribution is 5.69. The first kappa shape index (κ1) is 12.5. The van der Waals surface area contributed by atoms with Crippen LogP contribution in [0.5, 0.6) is 0 Å². The maximum atomic E-state index is 11.4. The van der Waals surface area contributed by atoms with Crippen LogP contribution in [0, 0.1) is 0 Å². The van der Waals surface area contributed by atoms with E-state index in [4.69, 9.17) is 9.47 Å². The Hall–Kier alpha value is -0.570. The zero-order valence-corrected chi connectivity index (χ0v) is 9.67. The largest absolute Gasteiger partial charge is 0.462 e. The molecule has 3 heteroatoms. The fourth-order valence-corrected chi connectivity index (χ4v) is 1.82. The van der Waals surface area contributed by atoms with E-state index < -0.39 is 0 Å². The number of hydrogen-bond acceptors (Lipinski definition) is 3. The minimum absolute atomic E-state index is 0.0537. The lowest BCUT2D eigenvalue weighted by Gasteiger charge is -2.10. The highest BCUT2D eigenvalue weighted by Crippen LogP contribution is 2.21. The second-order valence-corrected chi connectivity index (χ2v) is 4.11. The van der Waals surface area contributed by atoms with Crippen LogP contribution in [0.15, 0.2) is 0 Å². The van der Waals surface area contributed by atoms with Crippen LogP contribution in [-0.4, -0.2) is 25.3 Å². The molecule has 0 aromatic carbocycles. The van der Waals surface area contributed by atoms with Crippen LogP contribution in [0.25, 0.3) is 0 Å². The third-order valence-electron chi connectivity index (χ3n) is 2.62. The molecule has 15 heavy (non-hydrogen) atoms. The van der Waals surface area contributed by atoms with Gasteiger partial charge < -0.3 is 9.47 Å². The summed E-state index contributed by atoms with van der Waals surface area (Å²) in [5.74, 6) is -0.0537. The van der Waals surface area contributed by atoms with Gasteiger partial charge in [0.2, 0.25) is 0 Å². The van der Waals surface area contributed by atoms with Gasteiger partial charge in [0.25, 0.3) is 0 Å². The second-order valence-electron chi connectivity index (χ2n) is 4.11. The van der Waals surface area contributed by atoms with Crippen molar-refractivity contribution in [3.05, 3.63) is 0 Å². The molecule has 0 N–H and O–H groups in total. The topological polar surface area (TPSA) is 35.5 Å². The number of esters is 1. The molecule has 0 radical (unpaired) electrons. The fraction of sp³-hybridized carbons (Fsp3) is 0.917. The van der Waals surface area contributed by atoms with Crippen LogP contribution in [0.2, 0.25) is 0 Å². The summed E-state index contributed by atoms with van der Waals surface area (Å²) in [5.41, 5.74) is 0. The molecule has 0 aromatic rings. The van der Waals surface area contributed by atoms with E-state index >= 15 is 0 Å². The van der Waals surface area contributed by atoms with Gasteiger partial charge in [0.1, 0.15) is 6.10 Å². The maximum Gasteiger partial charge on any atom is 0.306 e. The smallest absolute Gasteiger partial charge is 0.306 e. The van der Waals surface area contributed by atoms with Crippen LogP contribution in [0.3, 0.4) is 0 Å². The van der Waals surface area contributed by atoms with Crippen molar-refractivity contribution in [2.45, 2.75) is 58.0 Å². The Morgan fingerprint density at radius 3 is 2.67 bits per heavy atom. The molecule has 0 spiro atoms. The van der Waals surface area contributed by atoms with Crippen LogP contribution < -0.4 is 0 Å². The number of ether oxygens (including phenoxy) is 2. The van der Waals surface area contributed by atoms with E-state index in [1.807, 2.05) is 0 Å². The molecule has 1 aliphatic rings.